The monoisotopic (exact) mass is 606 g/mol. The van der Waals surface area contributed by atoms with Crippen LogP contribution in [-0.2, 0) is 19.1 Å². The number of hydrogen-bond acceptors (Lipinski definition) is 8. The van der Waals surface area contributed by atoms with E-state index >= 15 is 0 Å². The number of benzene rings is 3. The molecule has 0 unspecified atom stereocenters. The SMILES string of the molecule is CC(C)(C)OC(=O)NCC(=O)Nc1ccc(Oc2ccccc2Oc2ccc(NC(=O)CNC(=O)OC(C)(C)C)cc2)cc1. The first-order valence-corrected chi connectivity index (χ1v) is 13.8. The van der Waals surface area contributed by atoms with E-state index in [0.29, 0.717) is 34.4 Å². The van der Waals surface area contributed by atoms with Crippen molar-refractivity contribution in [3.8, 4) is 23.0 Å². The Labute approximate surface area is 256 Å². The van der Waals surface area contributed by atoms with Crippen LogP contribution in [0.4, 0.5) is 21.0 Å². The highest BCUT2D eigenvalue weighted by molar-refractivity contribution is 5.94. The van der Waals surface area contributed by atoms with Gasteiger partial charge in [-0.25, -0.2) is 9.59 Å². The Balaban J connectivity index is 1.51. The lowest BCUT2D eigenvalue weighted by Gasteiger charge is -2.19. The molecule has 4 N–H and O–H groups in total. The quantitative estimate of drug-likeness (QED) is 0.213. The van der Waals surface area contributed by atoms with Crippen molar-refractivity contribution in [3.63, 3.8) is 0 Å². The summed E-state index contributed by atoms with van der Waals surface area (Å²) >= 11 is 0. The molecule has 0 saturated heterocycles. The maximum Gasteiger partial charge on any atom is 0.408 e. The van der Waals surface area contributed by atoms with Crippen LogP contribution in [0.1, 0.15) is 41.5 Å². The largest absolute Gasteiger partial charge is 0.453 e. The van der Waals surface area contributed by atoms with Crippen molar-refractivity contribution in [3.05, 3.63) is 72.8 Å². The van der Waals surface area contributed by atoms with Gasteiger partial charge in [-0.05, 0) is 102 Å². The van der Waals surface area contributed by atoms with Crippen molar-refractivity contribution in [2.24, 2.45) is 0 Å². The molecule has 0 aliphatic heterocycles. The van der Waals surface area contributed by atoms with Gasteiger partial charge in [-0.15, -0.1) is 0 Å². The van der Waals surface area contributed by atoms with Gasteiger partial charge in [0.1, 0.15) is 35.8 Å². The third-order valence-electron chi connectivity index (χ3n) is 5.17. The van der Waals surface area contributed by atoms with E-state index in [1.54, 1.807) is 114 Å². The molecule has 0 atom stereocenters. The standard InChI is InChI=1S/C32H38N4O8/c1-31(2,3)43-29(39)33-19-27(37)35-21-11-15-23(16-12-21)41-25-9-7-8-10-26(25)42-24-17-13-22(14-18-24)36-28(38)20-34-30(40)44-32(4,5)6/h7-18H,19-20H2,1-6H3,(H,33,39)(H,34,40)(H,35,37)(H,36,38). The van der Waals surface area contributed by atoms with Crippen molar-refractivity contribution >= 4 is 35.4 Å². The van der Waals surface area contributed by atoms with Crippen LogP contribution in [0.15, 0.2) is 72.8 Å². The normalized spacial score (nSPS) is 11.0. The molecule has 0 spiro atoms. The van der Waals surface area contributed by atoms with Crippen molar-refractivity contribution in [2.45, 2.75) is 52.7 Å². The number of amides is 4. The molecule has 0 aliphatic carbocycles. The smallest absolute Gasteiger partial charge is 0.408 e. The lowest BCUT2D eigenvalue weighted by atomic mass is 10.2. The second-order valence-electron chi connectivity index (χ2n) is 11.5. The maximum absolute atomic E-state index is 12.2. The van der Waals surface area contributed by atoms with Gasteiger partial charge in [0.25, 0.3) is 0 Å². The molecule has 0 aliphatic rings. The van der Waals surface area contributed by atoms with Gasteiger partial charge in [-0.1, -0.05) is 12.1 Å². The van der Waals surface area contributed by atoms with Crippen LogP contribution in [0.5, 0.6) is 23.0 Å². The first kappa shape index (κ1) is 33.2. The van der Waals surface area contributed by atoms with Crippen molar-refractivity contribution in [1.29, 1.82) is 0 Å². The fourth-order valence-electron chi connectivity index (χ4n) is 3.43. The van der Waals surface area contributed by atoms with Crippen molar-refractivity contribution in [2.75, 3.05) is 23.7 Å². The van der Waals surface area contributed by atoms with E-state index in [9.17, 15) is 19.2 Å². The maximum atomic E-state index is 12.2. The molecule has 0 heterocycles. The molecule has 0 aromatic heterocycles. The molecule has 44 heavy (non-hydrogen) atoms. The summed E-state index contributed by atoms with van der Waals surface area (Å²) in [5.74, 6) is 1.10. The van der Waals surface area contributed by atoms with E-state index in [-0.39, 0.29) is 13.1 Å². The summed E-state index contributed by atoms with van der Waals surface area (Å²) < 4.78 is 22.2. The zero-order valence-corrected chi connectivity index (χ0v) is 25.6. The van der Waals surface area contributed by atoms with Crippen LogP contribution in [0.25, 0.3) is 0 Å². The second-order valence-corrected chi connectivity index (χ2v) is 11.5. The molecule has 0 fully saturated rings. The number of ether oxygens (including phenoxy) is 4. The summed E-state index contributed by atoms with van der Waals surface area (Å²) in [5, 5.41) is 10.2. The second kappa shape index (κ2) is 14.8. The van der Waals surface area contributed by atoms with Crippen LogP contribution in [0, 0.1) is 0 Å². The summed E-state index contributed by atoms with van der Waals surface area (Å²) in [5.41, 5.74) is -0.278. The van der Waals surface area contributed by atoms with Gasteiger partial charge in [0.15, 0.2) is 11.5 Å². The van der Waals surface area contributed by atoms with E-state index in [0.717, 1.165) is 0 Å². The molecule has 3 aromatic carbocycles. The van der Waals surface area contributed by atoms with Gasteiger partial charge in [0.05, 0.1) is 0 Å². The molecule has 234 valence electrons. The van der Waals surface area contributed by atoms with Crippen molar-refractivity contribution in [1.82, 2.24) is 10.6 Å². The molecule has 12 nitrogen and oxygen atoms in total. The third kappa shape index (κ3) is 12.3. The Bertz CT molecular complexity index is 1330. The third-order valence-corrected chi connectivity index (χ3v) is 5.17. The summed E-state index contributed by atoms with van der Waals surface area (Å²) in [6.45, 7) is 9.93. The van der Waals surface area contributed by atoms with E-state index in [1.165, 1.54) is 0 Å². The zero-order valence-electron chi connectivity index (χ0n) is 25.6. The minimum Gasteiger partial charge on any atom is -0.453 e. The van der Waals surface area contributed by atoms with Gasteiger partial charge in [0.2, 0.25) is 11.8 Å². The topological polar surface area (TPSA) is 153 Å². The molecule has 12 heteroatoms. The summed E-state index contributed by atoms with van der Waals surface area (Å²) in [6.07, 6.45) is -1.35. The minimum absolute atomic E-state index is 0.240. The predicted molar refractivity (Wildman–Crippen MR) is 165 cm³/mol. The highest BCUT2D eigenvalue weighted by Crippen LogP contribution is 2.35. The van der Waals surface area contributed by atoms with Gasteiger partial charge in [-0.2, -0.15) is 0 Å². The molecule has 0 saturated carbocycles. The Morgan fingerprint density at radius 2 is 0.886 bits per heavy atom. The Kier molecular flexibility index (Phi) is 11.2. The van der Waals surface area contributed by atoms with Gasteiger partial charge < -0.3 is 40.2 Å². The fourth-order valence-corrected chi connectivity index (χ4v) is 3.43. The number of alkyl carbamates (subject to hydrolysis) is 2. The Morgan fingerprint density at radius 1 is 0.545 bits per heavy atom. The number of rotatable bonds is 10. The average Bonchev–Trinajstić information content (AvgIpc) is 2.92. The molecule has 0 radical (unpaired) electrons. The van der Waals surface area contributed by atoms with E-state index < -0.39 is 35.2 Å². The highest BCUT2D eigenvalue weighted by atomic mass is 16.6. The average molecular weight is 607 g/mol. The first-order valence-electron chi connectivity index (χ1n) is 13.8. The number of para-hydroxylation sites is 2. The molecule has 0 bridgehead atoms. The first-order chi connectivity index (χ1) is 20.6. The van der Waals surface area contributed by atoms with Crippen LogP contribution in [0.2, 0.25) is 0 Å². The number of carbonyl (C=O) groups is 4. The van der Waals surface area contributed by atoms with Crippen LogP contribution in [0.3, 0.4) is 0 Å². The number of anilines is 2. The lowest BCUT2D eigenvalue weighted by molar-refractivity contribution is -0.116. The number of hydrogen-bond donors (Lipinski definition) is 4. The summed E-state index contributed by atoms with van der Waals surface area (Å²) in [7, 11) is 0. The zero-order chi connectivity index (χ0) is 32.3. The molecule has 3 aromatic rings. The summed E-state index contributed by atoms with van der Waals surface area (Å²) in [4.78, 5) is 47.8. The molecular formula is C32H38N4O8. The lowest BCUT2D eigenvalue weighted by Crippen LogP contribution is -2.37. The van der Waals surface area contributed by atoms with Gasteiger partial charge >= 0.3 is 12.2 Å². The Morgan fingerprint density at radius 3 is 1.20 bits per heavy atom. The van der Waals surface area contributed by atoms with Gasteiger partial charge in [0, 0.05) is 11.4 Å². The molecular weight excluding hydrogens is 568 g/mol. The fraction of sp³-hybridized carbons (Fsp3) is 0.312. The molecule has 4 amide bonds. The van der Waals surface area contributed by atoms with Gasteiger partial charge in [-0.3, -0.25) is 9.59 Å². The highest BCUT2D eigenvalue weighted by Gasteiger charge is 2.18. The number of carbonyl (C=O) groups excluding carboxylic acids is 4. The number of nitrogens with one attached hydrogen (secondary N) is 4. The van der Waals surface area contributed by atoms with E-state index in [1.807, 2.05) is 0 Å². The van der Waals surface area contributed by atoms with E-state index in [4.69, 9.17) is 18.9 Å². The van der Waals surface area contributed by atoms with E-state index in [2.05, 4.69) is 21.3 Å². The van der Waals surface area contributed by atoms with Crippen LogP contribution >= 0.6 is 0 Å². The summed E-state index contributed by atoms with van der Waals surface area (Å²) in [6, 6.07) is 20.5. The predicted octanol–water partition coefficient (Wildman–Crippen LogP) is 6.20. The Hall–Kier alpha value is -5.26. The van der Waals surface area contributed by atoms with Crippen LogP contribution < -0.4 is 30.7 Å². The van der Waals surface area contributed by atoms with Crippen molar-refractivity contribution < 1.29 is 38.1 Å². The van der Waals surface area contributed by atoms with Crippen LogP contribution in [-0.4, -0.2) is 48.3 Å². The minimum atomic E-state index is -0.676. The molecule has 3 rings (SSSR count).